The summed E-state index contributed by atoms with van der Waals surface area (Å²) in [5.41, 5.74) is 7.50. The molecule has 1 aromatic carbocycles. The van der Waals surface area contributed by atoms with Gasteiger partial charge in [0.1, 0.15) is 0 Å². The van der Waals surface area contributed by atoms with E-state index in [0.29, 0.717) is 12.0 Å². The van der Waals surface area contributed by atoms with Crippen molar-refractivity contribution in [3.8, 4) is 0 Å². The average molecular weight is 276 g/mol. The van der Waals surface area contributed by atoms with E-state index >= 15 is 0 Å². The molecule has 0 radical (unpaired) electrons. The number of rotatable bonds is 9. The molecule has 2 N–H and O–H groups in total. The molecule has 0 heterocycles. The fourth-order valence-electron chi connectivity index (χ4n) is 3.03. The van der Waals surface area contributed by atoms with Gasteiger partial charge in [-0.15, -0.1) is 0 Å². The van der Waals surface area contributed by atoms with Crippen LogP contribution in [0, 0.1) is 5.92 Å². The molecule has 0 fully saturated rings. The largest absolute Gasteiger partial charge is 0.329 e. The van der Waals surface area contributed by atoms with E-state index in [1.807, 2.05) is 0 Å². The van der Waals surface area contributed by atoms with Crippen LogP contribution in [0.5, 0.6) is 0 Å². The fraction of sp³-hybridized carbons (Fsp3) is 0.667. The first-order valence-corrected chi connectivity index (χ1v) is 8.16. The molecule has 2 unspecified atom stereocenters. The Kier molecular flexibility index (Phi) is 7.86. The van der Waals surface area contributed by atoms with E-state index in [4.69, 9.17) is 5.73 Å². The smallest absolute Gasteiger partial charge is 0.0284 e. The van der Waals surface area contributed by atoms with Gasteiger partial charge in [0, 0.05) is 19.1 Å². The second-order valence-electron chi connectivity index (χ2n) is 5.77. The van der Waals surface area contributed by atoms with E-state index in [-0.39, 0.29) is 0 Å². The van der Waals surface area contributed by atoms with Gasteiger partial charge in [-0.1, -0.05) is 70.9 Å². The number of hydrogen-bond acceptors (Lipinski definition) is 2. The first kappa shape index (κ1) is 17.2. The second kappa shape index (κ2) is 9.15. The molecule has 2 heteroatoms. The van der Waals surface area contributed by atoms with Crippen LogP contribution < -0.4 is 5.73 Å². The number of likely N-dealkylation sites (N-methyl/N-ethyl adjacent to an activating group) is 1. The summed E-state index contributed by atoms with van der Waals surface area (Å²) < 4.78 is 0. The number of nitrogens with two attached hydrogens (primary N) is 1. The third kappa shape index (κ3) is 4.60. The summed E-state index contributed by atoms with van der Waals surface area (Å²) in [6, 6.07) is 11.2. The lowest BCUT2D eigenvalue weighted by atomic mass is 9.91. The summed E-state index contributed by atoms with van der Waals surface area (Å²) in [7, 11) is 0. The SMILES string of the molecule is CCC(CC)CN(CC)C(CN)C(C)c1ccccc1. The maximum Gasteiger partial charge on any atom is 0.0284 e. The highest BCUT2D eigenvalue weighted by Crippen LogP contribution is 2.24. The normalized spacial score (nSPS) is 14.8. The second-order valence-corrected chi connectivity index (χ2v) is 5.77. The van der Waals surface area contributed by atoms with Crippen LogP contribution in [0.25, 0.3) is 0 Å². The molecule has 0 aliphatic rings. The van der Waals surface area contributed by atoms with Crippen LogP contribution in [0.1, 0.15) is 52.0 Å². The minimum Gasteiger partial charge on any atom is -0.329 e. The maximum atomic E-state index is 6.10. The van der Waals surface area contributed by atoms with Crippen LogP contribution in [-0.2, 0) is 0 Å². The molecule has 114 valence electrons. The van der Waals surface area contributed by atoms with Gasteiger partial charge in [0.25, 0.3) is 0 Å². The highest BCUT2D eigenvalue weighted by molar-refractivity contribution is 5.20. The Labute approximate surface area is 125 Å². The Balaban J connectivity index is 2.80. The van der Waals surface area contributed by atoms with Crippen molar-refractivity contribution in [1.29, 1.82) is 0 Å². The van der Waals surface area contributed by atoms with Gasteiger partial charge in [-0.05, 0) is 23.9 Å². The van der Waals surface area contributed by atoms with Gasteiger partial charge in [0.2, 0.25) is 0 Å². The Morgan fingerprint density at radius 2 is 1.65 bits per heavy atom. The third-order valence-electron chi connectivity index (χ3n) is 4.67. The fourth-order valence-corrected chi connectivity index (χ4v) is 3.03. The topological polar surface area (TPSA) is 29.3 Å². The monoisotopic (exact) mass is 276 g/mol. The third-order valence-corrected chi connectivity index (χ3v) is 4.67. The molecule has 1 aromatic rings. The first-order valence-electron chi connectivity index (χ1n) is 8.16. The van der Waals surface area contributed by atoms with Crippen LogP contribution in [-0.4, -0.2) is 30.6 Å². The molecule has 0 saturated heterocycles. The summed E-state index contributed by atoms with van der Waals surface area (Å²) >= 11 is 0. The molecule has 20 heavy (non-hydrogen) atoms. The molecule has 0 aliphatic heterocycles. The zero-order chi connectivity index (χ0) is 15.0. The Bertz CT molecular complexity index is 346. The molecular formula is C18H32N2. The van der Waals surface area contributed by atoms with Crippen LogP contribution in [0.4, 0.5) is 0 Å². The van der Waals surface area contributed by atoms with E-state index in [0.717, 1.165) is 19.0 Å². The van der Waals surface area contributed by atoms with Crippen molar-refractivity contribution in [2.45, 2.75) is 52.5 Å². The number of hydrogen-bond donors (Lipinski definition) is 1. The predicted molar refractivity (Wildman–Crippen MR) is 89.0 cm³/mol. The molecule has 0 saturated carbocycles. The summed E-state index contributed by atoms with van der Waals surface area (Å²) in [5, 5.41) is 0. The van der Waals surface area contributed by atoms with Gasteiger partial charge in [-0.2, -0.15) is 0 Å². The summed E-state index contributed by atoms with van der Waals surface area (Å²) in [4.78, 5) is 2.58. The lowest BCUT2D eigenvalue weighted by molar-refractivity contribution is 0.156. The highest BCUT2D eigenvalue weighted by atomic mass is 15.2. The van der Waals surface area contributed by atoms with Crippen LogP contribution in [0.15, 0.2) is 30.3 Å². The van der Waals surface area contributed by atoms with Crippen molar-refractivity contribution in [3.05, 3.63) is 35.9 Å². The van der Waals surface area contributed by atoms with Gasteiger partial charge < -0.3 is 5.73 Å². The molecule has 0 aromatic heterocycles. The first-order chi connectivity index (χ1) is 9.67. The van der Waals surface area contributed by atoms with Crippen molar-refractivity contribution in [3.63, 3.8) is 0 Å². The molecular weight excluding hydrogens is 244 g/mol. The average Bonchev–Trinajstić information content (AvgIpc) is 2.51. The molecule has 0 bridgehead atoms. The predicted octanol–water partition coefficient (Wildman–Crippen LogP) is 3.88. The lowest BCUT2D eigenvalue weighted by Crippen LogP contribution is -2.46. The van der Waals surface area contributed by atoms with E-state index < -0.39 is 0 Å². The Hall–Kier alpha value is -0.860. The molecule has 0 aliphatic carbocycles. The molecule has 2 atom stereocenters. The van der Waals surface area contributed by atoms with Gasteiger partial charge in [-0.25, -0.2) is 0 Å². The zero-order valence-corrected chi connectivity index (χ0v) is 13.7. The van der Waals surface area contributed by atoms with Crippen LogP contribution in [0.3, 0.4) is 0 Å². The number of nitrogens with zero attached hydrogens (tertiary/aromatic N) is 1. The van der Waals surface area contributed by atoms with Crippen molar-refractivity contribution in [2.24, 2.45) is 11.7 Å². The summed E-state index contributed by atoms with van der Waals surface area (Å²) in [6.45, 7) is 12.1. The van der Waals surface area contributed by atoms with Crippen molar-refractivity contribution < 1.29 is 0 Å². The maximum absolute atomic E-state index is 6.10. The highest BCUT2D eigenvalue weighted by Gasteiger charge is 2.24. The van der Waals surface area contributed by atoms with Gasteiger partial charge in [0.15, 0.2) is 0 Å². The minimum atomic E-state index is 0.433. The summed E-state index contributed by atoms with van der Waals surface area (Å²) in [5.74, 6) is 1.27. The van der Waals surface area contributed by atoms with Crippen LogP contribution >= 0.6 is 0 Å². The standard InChI is InChI=1S/C18H32N2/c1-5-16(6-2)14-20(7-3)18(13-19)15(4)17-11-9-8-10-12-17/h8-12,15-16,18H,5-7,13-14,19H2,1-4H3. The van der Waals surface area contributed by atoms with Gasteiger partial charge in [-0.3, -0.25) is 4.90 Å². The lowest BCUT2D eigenvalue weighted by Gasteiger charge is -2.36. The summed E-state index contributed by atoms with van der Waals surface area (Å²) in [6.07, 6.45) is 2.51. The van der Waals surface area contributed by atoms with E-state index in [9.17, 15) is 0 Å². The van der Waals surface area contributed by atoms with Gasteiger partial charge >= 0.3 is 0 Å². The quantitative estimate of drug-likeness (QED) is 0.742. The minimum absolute atomic E-state index is 0.433. The van der Waals surface area contributed by atoms with Crippen molar-refractivity contribution >= 4 is 0 Å². The van der Waals surface area contributed by atoms with E-state index in [1.165, 1.54) is 24.9 Å². The van der Waals surface area contributed by atoms with Crippen molar-refractivity contribution in [2.75, 3.05) is 19.6 Å². The molecule has 1 rings (SSSR count). The van der Waals surface area contributed by atoms with Gasteiger partial charge in [0.05, 0.1) is 0 Å². The zero-order valence-electron chi connectivity index (χ0n) is 13.7. The van der Waals surface area contributed by atoms with E-state index in [1.54, 1.807) is 0 Å². The van der Waals surface area contributed by atoms with Crippen LogP contribution in [0.2, 0.25) is 0 Å². The Morgan fingerprint density at radius 1 is 1.05 bits per heavy atom. The number of benzene rings is 1. The van der Waals surface area contributed by atoms with Crippen molar-refractivity contribution in [1.82, 2.24) is 4.90 Å². The molecule has 0 spiro atoms. The molecule has 0 amide bonds. The van der Waals surface area contributed by atoms with E-state index in [2.05, 4.69) is 62.9 Å². The molecule has 2 nitrogen and oxygen atoms in total. The Morgan fingerprint density at radius 3 is 2.10 bits per heavy atom.